The van der Waals surface area contributed by atoms with Gasteiger partial charge in [-0.3, -0.25) is 0 Å². The van der Waals surface area contributed by atoms with Gasteiger partial charge < -0.3 is 0 Å². The van der Waals surface area contributed by atoms with Gasteiger partial charge in [0.05, 0.1) is 0 Å². The fourth-order valence-corrected chi connectivity index (χ4v) is 1.59. The van der Waals surface area contributed by atoms with E-state index in [2.05, 4.69) is 49.5 Å². The van der Waals surface area contributed by atoms with Gasteiger partial charge in [-0.2, -0.15) is 0 Å². The van der Waals surface area contributed by atoms with Gasteiger partial charge in [-0.25, -0.2) is 4.31 Å². The summed E-state index contributed by atoms with van der Waals surface area (Å²) < 4.78 is 2.21. The van der Waals surface area contributed by atoms with Crippen LogP contribution in [0.4, 0.5) is 0 Å². The van der Waals surface area contributed by atoms with E-state index in [0.29, 0.717) is 0 Å². The van der Waals surface area contributed by atoms with Crippen LogP contribution in [0.15, 0.2) is 29.2 Å². The minimum Gasteiger partial charge on any atom is -0.250 e. The molecule has 12 heavy (non-hydrogen) atoms. The van der Waals surface area contributed by atoms with Gasteiger partial charge in [0, 0.05) is 11.4 Å². The lowest BCUT2D eigenvalue weighted by molar-refractivity contribution is 0.602. The highest BCUT2D eigenvalue weighted by Crippen LogP contribution is 2.20. The van der Waals surface area contributed by atoms with Crippen LogP contribution in [0.2, 0.25) is 0 Å². The maximum Gasteiger partial charge on any atom is 0.0230 e. The van der Waals surface area contributed by atoms with E-state index in [4.69, 9.17) is 0 Å². The van der Waals surface area contributed by atoms with Crippen LogP contribution in [-0.4, -0.2) is 17.9 Å². The van der Waals surface area contributed by atoms with Crippen molar-refractivity contribution < 1.29 is 0 Å². The van der Waals surface area contributed by atoms with Crippen molar-refractivity contribution >= 4 is 11.9 Å². The van der Waals surface area contributed by atoms with Gasteiger partial charge in [0.1, 0.15) is 0 Å². The maximum absolute atomic E-state index is 2.21. The largest absolute Gasteiger partial charge is 0.250 e. The summed E-state index contributed by atoms with van der Waals surface area (Å²) in [5, 5.41) is 0. The smallest absolute Gasteiger partial charge is 0.0230 e. The van der Waals surface area contributed by atoms with Crippen LogP contribution < -0.4 is 0 Å². The molecule has 2 heteroatoms. The molecule has 0 heterocycles. The summed E-state index contributed by atoms with van der Waals surface area (Å²) in [6.45, 7) is 5.33. The number of hydrogen-bond acceptors (Lipinski definition) is 2. The van der Waals surface area contributed by atoms with E-state index in [-0.39, 0.29) is 0 Å². The van der Waals surface area contributed by atoms with Crippen LogP contribution in [-0.2, 0) is 0 Å². The van der Waals surface area contributed by atoms with Crippen LogP contribution in [0.5, 0.6) is 0 Å². The van der Waals surface area contributed by atoms with E-state index in [1.165, 1.54) is 10.5 Å². The zero-order chi connectivity index (χ0) is 8.97. The molecule has 0 amide bonds. The standard InChI is InChI=1S/C10H15NS/c1-4-11(3)12-10-7-5-9(2)6-8-10/h5-8H,4H2,1-3H3. The van der Waals surface area contributed by atoms with Gasteiger partial charge in [0.25, 0.3) is 0 Å². The predicted octanol–water partition coefficient (Wildman–Crippen LogP) is 2.95. The molecule has 0 unspecified atom stereocenters. The Bertz CT molecular complexity index is 230. The third-order valence-electron chi connectivity index (χ3n) is 1.73. The molecule has 1 rings (SSSR count). The highest BCUT2D eigenvalue weighted by molar-refractivity contribution is 7.97. The van der Waals surface area contributed by atoms with Crippen LogP contribution in [0.3, 0.4) is 0 Å². The average Bonchev–Trinajstić information content (AvgIpc) is 2.09. The van der Waals surface area contributed by atoms with Crippen LogP contribution in [0.1, 0.15) is 12.5 Å². The molecule has 0 atom stereocenters. The Morgan fingerprint density at radius 3 is 2.33 bits per heavy atom. The predicted molar refractivity (Wildman–Crippen MR) is 55.3 cm³/mol. The molecular formula is C10H15NS. The molecule has 0 spiro atoms. The molecule has 0 saturated carbocycles. The summed E-state index contributed by atoms with van der Waals surface area (Å²) in [4.78, 5) is 1.31. The Kier molecular flexibility index (Phi) is 3.63. The number of rotatable bonds is 3. The van der Waals surface area contributed by atoms with Crippen molar-refractivity contribution in [1.82, 2.24) is 4.31 Å². The van der Waals surface area contributed by atoms with E-state index in [0.717, 1.165) is 6.54 Å². The maximum atomic E-state index is 2.21. The van der Waals surface area contributed by atoms with Gasteiger partial charge >= 0.3 is 0 Å². The molecule has 0 aliphatic carbocycles. The first kappa shape index (κ1) is 9.62. The zero-order valence-electron chi connectivity index (χ0n) is 7.87. The molecule has 0 saturated heterocycles. The lowest BCUT2D eigenvalue weighted by Gasteiger charge is -2.11. The van der Waals surface area contributed by atoms with Crippen molar-refractivity contribution in [3.05, 3.63) is 29.8 Å². The minimum atomic E-state index is 1.07. The summed E-state index contributed by atoms with van der Waals surface area (Å²) in [6.07, 6.45) is 0. The Hall–Kier alpha value is -0.470. The molecule has 1 nitrogen and oxygen atoms in total. The summed E-state index contributed by atoms with van der Waals surface area (Å²) in [7, 11) is 2.10. The molecule has 1 aromatic carbocycles. The second-order valence-corrected chi connectivity index (χ2v) is 4.13. The normalized spacial score (nSPS) is 10.7. The molecule has 0 aliphatic rings. The molecule has 0 aliphatic heterocycles. The number of benzene rings is 1. The first-order valence-corrected chi connectivity index (χ1v) is 4.95. The van der Waals surface area contributed by atoms with Gasteiger partial charge in [0.2, 0.25) is 0 Å². The minimum absolute atomic E-state index is 1.07. The van der Waals surface area contributed by atoms with Crippen molar-refractivity contribution in [3.8, 4) is 0 Å². The zero-order valence-corrected chi connectivity index (χ0v) is 8.69. The highest BCUT2D eigenvalue weighted by atomic mass is 32.2. The Labute approximate surface area is 78.9 Å². The Morgan fingerprint density at radius 1 is 1.25 bits per heavy atom. The van der Waals surface area contributed by atoms with E-state index < -0.39 is 0 Å². The topological polar surface area (TPSA) is 3.24 Å². The van der Waals surface area contributed by atoms with Crippen molar-refractivity contribution in [2.24, 2.45) is 0 Å². The van der Waals surface area contributed by atoms with Gasteiger partial charge in [-0.1, -0.05) is 24.6 Å². The van der Waals surface area contributed by atoms with Crippen LogP contribution in [0.25, 0.3) is 0 Å². The van der Waals surface area contributed by atoms with E-state index >= 15 is 0 Å². The van der Waals surface area contributed by atoms with Crippen molar-refractivity contribution in [3.63, 3.8) is 0 Å². The lowest BCUT2D eigenvalue weighted by atomic mass is 10.2. The molecule has 0 N–H and O–H groups in total. The van der Waals surface area contributed by atoms with Gasteiger partial charge in [-0.05, 0) is 38.1 Å². The summed E-state index contributed by atoms with van der Waals surface area (Å²) >= 11 is 1.79. The van der Waals surface area contributed by atoms with E-state index in [9.17, 15) is 0 Å². The third-order valence-corrected chi connectivity index (χ3v) is 2.78. The molecular weight excluding hydrogens is 166 g/mol. The number of aryl methyl sites for hydroxylation is 1. The van der Waals surface area contributed by atoms with Crippen molar-refractivity contribution in [2.45, 2.75) is 18.7 Å². The van der Waals surface area contributed by atoms with E-state index in [1.807, 2.05) is 0 Å². The lowest BCUT2D eigenvalue weighted by Crippen LogP contribution is -2.06. The summed E-state index contributed by atoms with van der Waals surface area (Å²) in [5.74, 6) is 0. The van der Waals surface area contributed by atoms with Crippen LogP contribution >= 0.6 is 11.9 Å². The average molecular weight is 181 g/mol. The second kappa shape index (κ2) is 4.53. The van der Waals surface area contributed by atoms with Crippen molar-refractivity contribution in [1.29, 1.82) is 0 Å². The monoisotopic (exact) mass is 181 g/mol. The summed E-state index contributed by atoms with van der Waals surface area (Å²) in [5.41, 5.74) is 1.32. The molecule has 0 radical (unpaired) electrons. The first-order chi connectivity index (χ1) is 5.72. The van der Waals surface area contributed by atoms with Crippen LogP contribution in [0, 0.1) is 6.92 Å². The molecule has 0 aromatic heterocycles. The quantitative estimate of drug-likeness (QED) is 0.660. The molecule has 0 fully saturated rings. The fourth-order valence-electron chi connectivity index (χ4n) is 0.844. The molecule has 66 valence electrons. The third kappa shape index (κ3) is 2.88. The van der Waals surface area contributed by atoms with Gasteiger partial charge in [0.15, 0.2) is 0 Å². The summed E-state index contributed by atoms with van der Waals surface area (Å²) in [6, 6.07) is 8.61. The number of hydrogen-bond donors (Lipinski definition) is 0. The van der Waals surface area contributed by atoms with Crippen molar-refractivity contribution in [2.75, 3.05) is 13.6 Å². The fraction of sp³-hybridized carbons (Fsp3) is 0.400. The second-order valence-electron chi connectivity index (χ2n) is 2.85. The van der Waals surface area contributed by atoms with E-state index in [1.54, 1.807) is 11.9 Å². The van der Waals surface area contributed by atoms with Gasteiger partial charge in [-0.15, -0.1) is 0 Å². The Morgan fingerprint density at radius 2 is 1.83 bits per heavy atom. The Balaban J connectivity index is 2.58. The highest BCUT2D eigenvalue weighted by Gasteiger charge is 1.96. The molecule has 1 aromatic rings. The molecule has 0 bridgehead atoms. The number of nitrogens with zero attached hydrogens (tertiary/aromatic N) is 1. The SMILES string of the molecule is CCN(C)Sc1ccc(C)cc1. The first-order valence-electron chi connectivity index (χ1n) is 4.18.